The van der Waals surface area contributed by atoms with E-state index in [9.17, 15) is 4.79 Å². The number of hydrogen-bond donors (Lipinski definition) is 0. The predicted molar refractivity (Wildman–Crippen MR) is 72.8 cm³/mol. The van der Waals surface area contributed by atoms with E-state index in [0.29, 0.717) is 6.61 Å². The van der Waals surface area contributed by atoms with Gasteiger partial charge in [0.2, 0.25) is 0 Å². The molecule has 0 bridgehead atoms. The Morgan fingerprint density at radius 2 is 1.50 bits per heavy atom. The van der Waals surface area contributed by atoms with E-state index in [1.54, 1.807) is 0 Å². The second-order valence-electron chi connectivity index (χ2n) is 4.20. The Balaban J connectivity index is 2.98. The largest absolute Gasteiger partial charge is 0.463 e. The molecule has 16 heavy (non-hydrogen) atoms. The molecular weight excluding hydrogens is 216 g/mol. The summed E-state index contributed by atoms with van der Waals surface area (Å²) in [5.74, 6) is -0.303. The Labute approximate surface area is 103 Å². The van der Waals surface area contributed by atoms with Crippen LogP contribution in [0, 0.1) is 0 Å². The van der Waals surface area contributed by atoms with Crippen molar-refractivity contribution in [1.82, 2.24) is 0 Å². The summed E-state index contributed by atoms with van der Waals surface area (Å²) >= 11 is 0. The standard InChI is InChI=1S/C13H26O2Si/c1-2-13(14)15-11-9-7-5-3-4-6-8-10-12-16/h2H,1,3-12H2,16H3. The highest BCUT2D eigenvalue weighted by atomic mass is 28.1. The van der Waals surface area contributed by atoms with Crippen molar-refractivity contribution in [2.24, 2.45) is 0 Å². The van der Waals surface area contributed by atoms with Gasteiger partial charge in [0.25, 0.3) is 0 Å². The van der Waals surface area contributed by atoms with Crippen LogP contribution < -0.4 is 0 Å². The molecule has 0 saturated heterocycles. The summed E-state index contributed by atoms with van der Waals surface area (Å²) in [6.45, 7) is 3.90. The summed E-state index contributed by atoms with van der Waals surface area (Å²) in [5.41, 5.74) is 0. The fraction of sp³-hybridized carbons (Fsp3) is 0.769. The summed E-state index contributed by atoms with van der Waals surface area (Å²) < 4.78 is 4.90. The first-order valence-electron chi connectivity index (χ1n) is 6.60. The number of carbonyl (C=O) groups excluding carboxylic acids is 1. The Morgan fingerprint density at radius 1 is 1.00 bits per heavy atom. The van der Waals surface area contributed by atoms with Gasteiger partial charge in [-0.1, -0.05) is 57.6 Å². The van der Waals surface area contributed by atoms with Crippen LogP contribution in [0.5, 0.6) is 0 Å². The molecule has 0 spiro atoms. The van der Waals surface area contributed by atoms with Crippen LogP contribution >= 0.6 is 0 Å². The Hall–Kier alpha value is -0.573. The fourth-order valence-electron chi connectivity index (χ4n) is 1.64. The van der Waals surface area contributed by atoms with Gasteiger partial charge < -0.3 is 4.74 Å². The first-order chi connectivity index (χ1) is 7.81. The van der Waals surface area contributed by atoms with Gasteiger partial charge in [-0.3, -0.25) is 0 Å². The van der Waals surface area contributed by atoms with Crippen LogP contribution in [0.1, 0.15) is 51.4 Å². The van der Waals surface area contributed by atoms with Gasteiger partial charge in [-0.2, -0.15) is 0 Å². The van der Waals surface area contributed by atoms with Crippen LogP contribution in [0.15, 0.2) is 12.7 Å². The minimum Gasteiger partial charge on any atom is -0.463 e. The summed E-state index contributed by atoms with van der Waals surface area (Å²) in [4.78, 5) is 10.7. The highest BCUT2D eigenvalue weighted by molar-refractivity contribution is 6.08. The van der Waals surface area contributed by atoms with Crippen molar-refractivity contribution in [2.45, 2.75) is 57.4 Å². The van der Waals surface area contributed by atoms with Crippen LogP contribution in [0.2, 0.25) is 6.04 Å². The molecule has 3 heteroatoms. The first-order valence-corrected chi connectivity index (χ1v) is 8.02. The maximum Gasteiger partial charge on any atom is 0.330 e. The van der Waals surface area contributed by atoms with E-state index in [1.165, 1.54) is 67.3 Å². The molecule has 0 fully saturated rings. The van der Waals surface area contributed by atoms with E-state index in [-0.39, 0.29) is 5.97 Å². The molecule has 0 radical (unpaired) electrons. The minimum atomic E-state index is -0.303. The smallest absolute Gasteiger partial charge is 0.330 e. The van der Waals surface area contributed by atoms with Crippen molar-refractivity contribution in [3.05, 3.63) is 12.7 Å². The van der Waals surface area contributed by atoms with Gasteiger partial charge in [0.05, 0.1) is 6.61 Å². The van der Waals surface area contributed by atoms with Crippen molar-refractivity contribution in [3.63, 3.8) is 0 Å². The average Bonchev–Trinajstić information content (AvgIpc) is 2.31. The molecular formula is C13H26O2Si. The zero-order valence-corrected chi connectivity index (χ0v) is 12.7. The van der Waals surface area contributed by atoms with E-state index >= 15 is 0 Å². The Bertz CT molecular complexity index is 181. The van der Waals surface area contributed by atoms with Crippen LogP contribution in [-0.4, -0.2) is 22.8 Å². The highest BCUT2D eigenvalue weighted by Gasteiger charge is 1.95. The van der Waals surface area contributed by atoms with Gasteiger partial charge in [-0.15, -0.1) is 0 Å². The number of esters is 1. The van der Waals surface area contributed by atoms with Crippen LogP contribution in [0.3, 0.4) is 0 Å². The molecule has 0 aliphatic carbocycles. The highest BCUT2D eigenvalue weighted by Crippen LogP contribution is 2.09. The number of carbonyl (C=O) groups is 1. The average molecular weight is 242 g/mol. The molecule has 0 saturated carbocycles. The zero-order chi connectivity index (χ0) is 12.1. The Kier molecular flexibility index (Phi) is 12.0. The van der Waals surface area contributed by atoms with Crippen molar-refractivity contribution >= 4 is 16.2 Å². The van der Waals surface area contributed by atoms with E-state index < -0.39 is 0 Å². The molecule has 0 aromatic heterocycles. The molecule has 0 amide bonds. The molecule has 0 aromatic carbocycles. The summed E-state index contributed by atoms with van der Waals surface area (Å²) in [6, 6.07) is 1.45. The van der Waals surface area contributed by atoms with Gasteiger partial charge in [0, 0.05) is 16.3 Å². The second kappa shape index (κ2) is 12.5. The van der Waals surface area contributed by atoms with Gasteiger partial charge in [0.1, 0.15) is 0 Å². The monoisotopic (exact) mass is 242 g/mol. The zero-order valence-electron chi connectivity index (χ0n) is 10.7. The maximum atomic E-state index is 10.7. The fourth-order valence-corrected chi connectivity index (χ4v) is 2.14. The van der Waals surface area contributed by atoms with Crippen LogP contribution in [0.25, 0.3) is 0 Å². The number of unbranched alkanes of at least 4 members (excludes halogenated alkanes) is 7. The predicted octanol–water partition coefficient (Wildman–Crippen LogP) is 2.62. The molecule has 0 aromatic rings. The molecule has 0 unspecified atom stereocenters. The van der Waals surface area contributed by atoms with Gasteiger partial charge >= 0.3 is 5.97 Å². The quantitative estimate of drug-likeness (QED) is 0.241. The summed E-state index contributed by atoms with van der Waals surface area (Å²) in [5, 5.41) is 0. The molecule has 0 heterocycles. The molecule has 0 aliphatic rings. The van der Waals surface area contributed by atoms with Crippen molar-refractivity contribution in [3.8, 4) is 0 Å². The second-order valence-corrected chi connectivity index (χ2v) is 5.20. The first kappa shape index (κ1) is 15.4. The molecule has 2 nitrogen and oxygen atoms in total. The lowest BCUT2D eigenvalue weighted by atomic mass is 10.1. The SMILES string of the molecule is C=CC(=O)OCCCCCCCCCC[SiH3]. The molecule has 0 rings (SSSR count). The van der Waals surface area contributed by atoms with Gasteiger partial charge in [-0.05, 0) is 6.42 Å². The lowest BCUT2D eigenvalue weighted by Gasteiger charge is -2.02. The Morgan fingerprint density at radius 3 is 2.00 bits per heavy atom. The lowest BCUT2D eigenvalue weighted by Crippen LogP contribution is -2.01. The number of hydrogen-bond acceptors (Lipinski definition) is 2. The molecule has 0 atom stereocenters. The normalized spacial score (nSPS) is 10.2. The van der Waals surface area contributed by atoms with Gasteiger partial charge in [0.15, 0.2) is 0 Å². The van der Waals surface area contributed by atoms with E-state index in [0.717, 1.165) is 6.42 Å². The molecule has 0 N–H and O–H groups in total. The van der Waals surface area contributed by atoms with Crippen molar-refractivity contribution in [1.29, 1.82) is 0 Å². The van der Waals surface area contributed by atoms with Crippen LogP contribution in [0.4, 0.5) is 0 Å². The van der Waals surface area contributed by atoms with E-state index in [4.69, 9.17) is 4.74 Å². The molecule has 94 valence electrons. The summed E-state index contributed by atoms with van der Waals surface area (Å²) in [7, 11) is 1.36. The lowest BCUT2D eigenvalue weighted by molar-refractivity contribution is -0.137. The van der Waals surface area contributed by atoms with Crippen molar-refractivity contribution < 1.29 is 9.53 Å². The number of rotatable bonds is 11. The van der Waals surface area contributed by atoms with Crippen molar-refractivity contribution in [2.75, 3.05) is 6.61 Å². The summed E-state index contributed by atoms with van der Waals surface area (Å²) in [6.07, 6.45) is 11.6. The topological polar surface area (TPSA) is 26.3 Å². The minimum absolute atomic E-state index is 0.303. The van der Waals surface area contributed by atoms with Crippen LogP contribution in [-0.2, 0) is 9.53 Å². The maximum absolute atomic E-state index is 10.7. The number of ether oxygens (including phenoxy) is 1. The van der Waals surface area contributed by atoms with E-state index in [1.807, 2.05) is 0 Å². The van der Waals surface area contributed by atoms with Gasteiger partial charge in [-0.25, -0.2) is 4.79 Å². The third kappa shape index (κ3) is 11.5. The van der Waals surface area contributed by atoms with E-state index in [2.05, 4.69) is 6.58 Å². The third-order valence-corrected chi connectivity index (χ3v) is 3.37. The molecule has 0 aliphatic heterocycles. The third-order valence-electron chi connectivity index (χ3n) is 2.66.